The SMILES string of the molecule is N#CCC(=O)c1ccc2[nH]c(=O)[nH]c2c1. The highest BCUT2D eigenvalue weighted by molar-refractivity contribution is 5.99. The number of H-pyrrole nitrogens is 2. The molecule has 2 rings (SSSR count). The van der Waals surface area contributed by atoms with Gasteiger partial charge in [0.15, 0.2) is 5.78 Å². The largest absolute Gasteiger partial charge is 0.323 e. The summed E-state index contributed by atoms with van der Waals surface area (Å²) in [6.07, 6.45) is -0.153. The maximum atomic E-state index is 11.4. The molecule has 74 valence electrons. The standard InChI is InChI=1S/C10H7N3O2/c11-4-3-9(14)6-1-2-7-8(5-6)13-10(15)12-7/h1-2,5H,3H2,(H2,12,13,15). The molecular weight excluding hydrogens is 194 g/mol. The number of nitriles is 1. The third kappa shape index (κ3) is 1.65. The van der Waals surface area contributed by atoms with E-state index in [1.807, 2.05) is 0 Å². The maximum absolute atomic E-state index is 11.4. The van der Waals surface area contributed by atoms with Gasteiger partial charge in [0.25, 0.3) is 0 Å². The van der Waals surface area contributed by atoms with Crippen LogP contribution in [0.1, 0.15) is 16.8 Å². The van der Waals surface area contributed by atoms with E-state index in [0.29, 0.717) is 16.6 Å². The van der Waals surface area contributed by atoms with Crippen LogP contribution in [-0.4, -0.2) is 15.8 Å². The van der Waals surface area contributed by atoms with Gasteiger partial charge in [0.2, 0.25) is 0 Å². The summed E-state index contributed by atoms with van der Waals surface area (Å²) in [6, 6.07) is 6.58. The van der Waals surface area contributed by atoms with Crippen molar-refractivity contribution < 1.29 is 4.79 Å². The summed E-state index contributed by atoms with van der Waals surface area (Å²) >= 11 is 0. The van der Waals surface area contributed by atoms with E-state index in [2.05, 4.69) is 9.97 Å². The molecule has 2 aromatic rings. The predicted molar refractivity (Wildman–Crippen MR) is 53.5 cm³/mol. The van der Waals surface area contributed by atoms with Crippen molar-refractivity contribution in [3.8, 4) is 6.07 Å². The number of aromatic nitrogens is 2. The molecule has 5 nitrogen and oxygen atoms in total. The van der Waals surface area contributed by atoms with Gasteiger partial charge in [0.1, 0.15) is 0 Å². The molecule has 0 saturated heterocycles. The highest BCUT2D eigenvalue weighted by atomic mass is 16.1. The van der Waals surface area contributed by atoms with Crippen molar-refractivity contribution in [1.82, 2.24) is 9.97 Å². The van der Waals surface area contributed by atoms with E-state index in [9.17, 15) is 9.59 Å². The lowest BCUT2D eigenvalue weighted by atomic mass is 10.1. The van der Waals surface area contributed by atoms with Crippen molar-refractivity contribution in [3.63, 3.8) is 0 Å². The van der Waals surface area contributed by atoms with Crippen molar-refractivity contribution >= 4 is 16.8 Å². The Labute approximate surface area is 84.4 Å². The van der Waals surface area contributed by atoms with Crippen LogP contribution >= 0.6 is 0 Å². The molecule has 2 N–H and O–H groups in total. The second-order valence-electron chi connectivity index (χ2n) is 3.10. The highest BCUT2D eigenvalue weighted by Crippen LogP contribution is 2.11. The molecule has 0 amide bonds. The topological polar surface area (TPSA) is 89.5 Å². The highest BCUT2D eigenvalue weighted by Gasteiger charge is 2.06. The molecule has 0 radical (unpaired) electrons. The average Bonchev–Trinajstić information content (AvgIpc) is 2.57. The van der Waals surface area contributed by atoms with E-state index in [-0.39, 0.29) is 17.9 Å². The Kier molecular flexibility index (Phi) is 2.10. The van der Waals surface area contributed by atoms with Gasteiger partial charge in [-0.15, -0.1) is 0 Å². The normalized spacial score (nSPS) is 10.1. The summed E-state index contributed by atoms with van der Waals surface area (Å²) in [6.45, 7) is 0. The molecule has 0 bridgehead atoms. The van der Waals surface area contributed by atoms with E-state index in [0.717, 1.165) is 0 Å². The lowest BCUT2D eigenvalue weighted by Crippen LogP contribution is -1.99. The third-order valence-electron chi connectivity index (χ3n) is 2.08. The number of hydrogen-bond donors (Lipinski definition) is 2. The number of Topliss-reactive ketones (excluding diaryl/α,β-unsaturated/α-hetero) is 1. The van der Waals surface area contributed by atoms with Gasteiger partial charge >= 0.3 is 5.69 Å². The second-order valence-corrected chi connectivity index (χ2v) is 3.10. The van der Waals surface area contributed by atoms with Crippen LogP contribution in [0.5, 0.6) is 0 Å². The minimum Gasteiger partial charge on any atom is -0.306 e. The number of aromatic amines is 2. The molecule has 0 aliphatic carbocycles. The first-order valence-corrected chi connectivity index (χ1v) is 4.33. The number of imidazole rings is 1. The number of carbonyl (C=O) groups is 1. The molecule has 0 atom stereocenters. The summed E-state index contributed by atoms with van der Waals surface area (Å²) in [7, 11) is 0. The molecular formula is C10H7N3O2. The molecule has 0 saturated carbocycles. The monoisotopic (exact) mass is 201 g/mol. The van der Waals surface area contributed by atoms with Crippen LogP contribution in [0.2, 0.25) is 0 Å². The van der Waals surface area contributed by atoms with Crippen molar-refractivity contribution in [1.29, 1.82) is 5.26 Å². The van der Waals surface area contributed by atoms with Crippen molar-refractivity contribution in [2.45, 2.75) is 6.42 Å². The van der Waals surface area contributed by atoms with Crippen LogP contribution in [0.4, 0.5) is 0 Å². The molecule has 0 aliphatic heterocycles. The first kappa shape index (κ1) is 9.21. The van der Waals surface area contributed by atoms with Gasteiger partial charge in [-0.3, -0.25) is 4.79 Å². The van der Waals surface area contributed by atoms with Crippen LogP contribution in [0, 0.1) is 11.3 Å². The predicted octanol–water partition coefficient (Wildman–Crippen LogP) is 0.953. The summed E-state index contributed by atoms with van der Waals surface area (Å²) in [5.41, 5.74) is 1.34. The van der Waals surface area contributed by atoms with Gasteiger partial charge in [-0.1, -0.05) is 0 Å². The Bertz CT molecular complexity index is 615. The fourth-order valence-electron chi connectivity index (χ4n) is 1.38. The fraction of sp³-hybridized carbons (Fsp3) is 0.100. The smallest absolute Gasteiger partial charge is 0.306 e. The number of ketones is 1. The number of carbonyl (C=O) groups excluding carboxylic acids is 1. The number of rotatable bonds is 2. The van der Waals surface area contributed by atoms with Crippen LogP contribution < -0.4 is 5.69 Å². The van der Waals surface area contributed by atoms with Gasteiger partial charge < -0.3 is 9.97 Å². The molecule has 5 heteroatoms. The third-order valence-corrected chi connectivity index (χ3v) is 2.08. The first-order valence-electron chi connectivity index (χ1n) is 4.33. The second kappa shape index (κ2) is 3.42. The number of nitrogens with zero attached hydrogens (tertiary/aromatic N) is 1. The van der Waals surface area contributed by atoms with Gasteiger partial charge in [0, 0.05) is 5.56 Å². The zero-order chi connectivity index (χ0) is 10.8. The Balaban J connectivity index is 2.52. The molecule has 15 heavy (non-hydrogen) atoms. The summed E-state index contributed by atoms with van der Waals surface area (Å²) in [5, 5.41) is 8.38. The van der Waals surface area contributed by atoms with E-state index in [4.69, 9.17) is 5.26 Å². The summed E-state index contributed by atoms with van der Waals surface area (Å²) < 4.78 is 0. The lowest BCUT2D eigenvalue weighted by Gasteiger charge is -1.95. The minimum absolute atomic E-state index is 0.153. The molecule has 0 spiro atoms. The Morgan fingerprint density at radius 3 is 2.80 bits per heavy atom. The van der Waals surface area contributed by atoms with Gasteiger partial charge in [0.05, 0.1) is 23.5 Å². The van der Waals surface area contributed by atoms with Gasteiger partial charge in [-0.25, -0.2) is 4.79 Å². The van der Waals surface area contributed by atoms with E-state index >= 15 is 0 Å². The molecule has 0 unspecified atom stereocenters. The Morgan fingerprint density at radius 1 is 1.33 bits per heavy atom. The first-order chi connectivity index (χ1) is 7.20. The number of hydrogen-bond acceptors (Lipinski definition) is 3. The lowest BCUT2D eigenvalue weighted by molar-refractivity contribution is 0.0998. The quantitative estimate of drug-likeness (QED) is 0.709. The molecule has 1 aromatic heterocycles. The zero-order valence-electron chi connectivity index (χ0n) is 7.70. The van der Waals surface area contributed by atoms with Gasteiger partial charge in [-0.05, 0) is 18.2 Å². The van der Waals surface area contributed by atoms with Crippen molar-refractivity contribution in [2.75, 3.05) is 0 Å². The van der Waals surface area contributed by atoms with Crippen LogP contribution in [0.3, 0.4) is 0 Å². The van der Waals surface area contributed by atoms with Gasteiger partial charge in [-0.2, -0.15) is 5.26 Å². The van der Waals surface area contributed by atoms with E-state index < -0.39 is 0 Å². The fourth-order valence-corrected chi connectivity index (χ4v) is 1.38. The number of fused-ring (bicyclic) bond motifs is 1. The molecule has 0 aliphatic rings. The van der Waals surface area contributed by atoms with Crippen LogP contribution in [0.15, 0.2) is 23.0 Å². The number of benzene rings is 1. The number of nitrogens with one attached hydrogen (secondary N) is 2. The van der Waals surface area contributed by atoms with Crippen LogP contribution in [0.25, 0.3) is 11.0 Å². The van der Waals surface area contributed by atoms with Crippen molar-refractivity contribution in [2.24, 2.45) is 0 Å². The zero-order valence-corrected chi connectivity index (χ0v) is 7.70. The maximum Gasteiger partial charge on any atom is 0.323 e. The van der Waals surface area contributed by atoms with E-state index in [1.54, 1.807) is 24.3 Å². The summed E-state index contributed by atoms with van der Waals surface area (Å²) in [4.78, 5) is 27.4. The minimum atomic E-state index is -0.310. The van der Waals surface area contributed by atoms with Crippen molar-refractivity contribution in [3.05, 3.63) is 34.2 Å². The van der Waals surface area contributed by atoms with Crippen LogP contribution in [-0.2, 0) is 0 Å². The molecule has 1 aromatic carbocycles. The average molecular weight is 201 g/mol. The molecule has 1 heterocycles. The summed E-state index contributed by atoms with van der Waals surface area (Å²) in [5.74, 6) is -0.249. The molecule has 0 fully saturated rings. The Morgan fingerprint density at radius 2 is 2.07 bits per heavy atom. The Hall–Kier alpha value is -2.35. The van der Waals surface area contributed by atoms with E-state index in [1.165, 1.54) is 0 Å².